The maximum atomic E-state index is 5.79. The molecule has 5 heteroatoms. The molecule has 1 aliphatic carbocycles. The van der Waals surface area contributed by atoms with E-state index in [-0.39, 0.29) is 0 Å². The van der Waals surface area contributed by atoms with Gasteiger partial charge in [0.25, 0.3) is 0 Å². The van der Waals surface area contributed by atoms with Crippen LogP contribution in [0.2, 0.25) is 0 Å². The first-order valence-electron chi connectivity index (χ1n) is 10.8. The summed E-state index contributed by atoms with van der Waals surface area (Å²) in [5.74, 6) is 0.592. The van der Waals surface area contributed by atoms with Gasteiger partial charge in [-0.3, -0.25) is 4.98 Å². The fourth-order valence-corrected chi connectivity index (χ4v) is 5.74. The maximum absolute atomic E-state index is 5.79. The Morgan fingerprint density at radius 1 is 1.14 bits per heavy atom. The second-order valence-corrected chi connectivity index (χ2v) is 10.1. The first-order valence-corrected chi connectivity index (χ1v) is 10.8. The summed E-state index contributed by atoms with van der Waals surface area (Å²) in [6.07, 6.45) is 11.0. The number of nitrogens with two attached hydrogens (primary N) is 1. The maximum Gasteiger partial charge on any atom is 0.0704 e. The van der Waals surface area contributed by atoms with Gasteiger partial charge in [-0.1, -0.05) is 20.8 Å². The number of nitrogens with zero attached hydrogens (tertiary/aromatic N) is 3. The van der Waals surface area contributed by atoms with Crippen molar-refractivity contribution in [3.63, 3.8) is 0 Å². The minimum Gasteiger partial charge on any atom is -0.397 e. The average Bonchev–Trinajstić information content (AvgIpc) is 3.10. The predicted molar refractivity (Wildman–Crippen MR) is 118 cm³/mol. The van der Waals surface area contributed by atoms with E-state index in [2.05, 4.69) is 54.5 Å². The third kappa shape index (κ3) is 3.12. The zero-order valence-electron chi connectivity index (χ0n) is 17.7. The molecule has 3 aromatic rings. The minimum absolute atomic E-state index is 0.330. The van der Waals surface area contributed by atoms with Crippen molar-refractivity contribution in [1.82, 2.24) is 19.9 Å². The van der Waals surface area contributed by atoms with Crippen LogP contribution in [0, 0.1) is 10.8 Å². The van der Waals surface area contributed by atoms with Gasteiger partial charge in [0.2, 0.25) is 0 Å². The molecule has 5 rings (SSSR count). The van der Waals surface area contributed by atoms with Crippen LogP contribution in [0.1, 0.15) is 57.9 Å². The minimum atomic E-state index is 0.330. The fourth-order valence-electron chi connectivity index (χ4n) is 5.74. The Hall–Kier alpha value is -2.40. The molecule has 0 radical (unpaired) electrons. The van der Waals surface area contributed by atoms with Crippen LogP contribution in [0.25, 0.3) is 16.8 Å². The first kappa shape index (κ1) is 18.6. The summed E-state index contributed by atoms with van der Waals surface area (Å²) in [6.45, 7) is 8.30. The summed E-state index contributed by atoms with van der Waals surface area (Å²) < 4.78 is 2.00. The first-order chi connectivity index (χ1) is 13.9. The monoisotopic (exact) mass is 389 g/mol. The van der Waals surface area contributed by atoms with E-state index in [0.29, 0.717) is 28.5 Å². The quantitative estimate of drug-likeness (QED) is 0.670. The normalized spacial score (nSPS) is 27.3. The topological polar surface area (TPSA) is 68.2 Å². The highest BCUT2D eigenvalue weighted by Crippen LogP contribution is 2.52. The van der Waals surface area contributed by atoms with Crippen molar-refractivity contribution in [2.24, 2.45) is 10.8 Å². The Kier molecular flexibility index (Phi) is 4.21. The number of nitrogen functional groups attached to an aromatic ring is 1. The third-order valence-electron chi connectivity index (χ3n) is 7.19. The van der Waals surface area contributed by atoms with Crippen molar-refractivity contribution < 1.29 is 0 Å². The van der Waals surface area contributed by atoms with Gasteiger partial charge in [0.05, 0.1) is 29.3 Å². The van der Waals surface area contributed by atoms with E-state index in [1.807, 2.05) is 22.8 Å². The number of hydrogen-bond donors (Lipinski definition) is 2. The van der Waals surface area contributed by atoms with Gasteiger partial charge in [-0.2, -0.15) is 5.10 Å². The van der Waals surface area contributed by atoms with Crippen molar-refractivity contribution in [2.45, 2.75) is 58.4 Å². The molecule has 3 N–H and O–H groups in total. The largest absolute Gasteiger partial charge is 0.397 e. The second-order valence-electron chi connectivity index (χ2n) is 10.1. The van der Waals surface area contributed by atoms with E-state index in [0.717, 1.165) is 11.3 Å². The number of nitrogens with one attached hydrogen (secondary N) is 1. The Labute approximate surface area is 172 Å². The highest BCUT2D eigenvalue weighted by molar-refractivity contribution is 5.69. The third-order valence-corrected chi connectivity index (χ3v) is 7.19. The van der Waals surface area contributed by atoms with Crippen LogP contribution in [0.15, 0.2) is 42.9 Å². The fraction of sp³-hybridized carbons (Fsp3) is 0.500. The molecule has 1 atom stereocenters. The molecule has 152 valence electrons. The molecule has 1 saturated heterocycles. The van der Waals surface area contributed by atoms with Gasteiger partial charge in [-0.25, -0.2) is 4.52 Å². The Bertz CT molecular complexity index is 1020. The molecule has 2 fully saturated rings. The summed E-state index contributed by atoms with van der Waals surface area (Å²) in [5.41, 5.74) is 12.0. The summed E-state index contributed by atoms with van der Waals surface area (Å²) in [4.78, 5) is 4.49. The van der Waals surface area contributed by atoms with E-state index < -0.39 is 0 Å². The van der Waals surface area contributed by atoms with Crippen LogP contribution in [0.3, 0.4) is 0 Å². The van der Waals surface area contributed by atoms with Crippen molar-refractivity contribution >= 4 is 11.2 Å². The van der Waals surface area contributed by atoms with Gasteiger partial charge in [-0.05, 0) is 66.7 Å². The van der Waals surface area contributed by atoms with E-state index in [1.165, 1.54) is 43.3 Å². The van der Waals surface area contributed by atoms with E-state index >= 15 is 0 Å². The Balaban J connectivity index is 1.40. The number of anilines is 1. The smallest absolute Gasteiger partial charge is 0.0704 e. The van der Waals surface area contributed by atoms with Gasteiger partial charge in [0, 0.05) is 29.9 Å². The zero-order valence-corrected chi connectivity index (χ0v) is 17.7. The molecular formula is C24H31N5. The second kappa shape index (κ2) is 6.56. The van der Waals surface area contributed by atoms with Gasteiger partial charge >= 0.3 is 0 Å². The van der Waals surface area contributed by atoms with Crippen molar-refractivity contribution in [1.29, 1.82) is 0 Å². The standard InChI is InChI=1S/C24H31N5/c1-23(2,3)22-24(15-27-22)9-6-16(7-10-24)19-14-28-29-11-8-17(12-21(19)29)20-5-4-18(25)13-26-20/h4-5,8,11-14,16,22,27H,6-7,9-10,15,25H2,1-3H3. The van der Waals surface area contributed by atoms with Crippen LogP contribution in [0.4, 0.5) is 5.69 Å². The number of aromatic nitrogens is 3. The van der Waals surface area contributed by atoms with Gasteiger partial charge < -0.3 is 11.1 Å². The van der Waals surface area contributed by atoms with E-state index in [1.54, 1.807) is 6.20 Å². The number of hydrogen-bond acceptors (Lipinski definition) is 4. The molecule has 2 aliphatic rings. The van der Waals surface area contributed by atoms with Crippen LogP contribution < -0.4 is 11.1 Å². The molecule has 0 aromatic carbocycles. The Morgan fingerprint density at radius 3 is 2.55 bits per heavy atom. The molecule has 1 saturated carbocycles. The molecule has 29 heavy (non-hydrogen) atoms. The summed E-state index contributed by atoms with van der Waals surface area (Å²) >= 11 is 0. The van der Waals surface area contributed by atoms with Crippen LogP contribution in [-0.4, -0.2) is 27.2 Å². The van der Waals surface area contributed by atoms with Gasteiger partial charge in [0.15, 0.2) is 0 Å². The predicted octanol–water partition coefficient (Wildman–Crippen LogP) is 4.64. The van der Waals surface area contributed by atoms with Crippen molar-refractivity contribution in [2.75, 3.05) is 12.3 Å². The van der Waals surface area contributed by atoms with Gasteiger partial charge in [0.1, 0.15) is 0 Å². The van der Waals surface area contributed by atoms with Crippen molar-refractivity contribution in [3.05, 3.63) is 48.4 Å². The summed E-state index contributed by atoms with van der Waals surface area (Å²) in [5, 5.41) is 8.35. The summed E-state index contributed by atoms with van der Waals surface area (Å²) in [6, 6.07) is 8.84. The lowest BCUT2D eigenvalue weighted by molar-refractivity contribution is -0.0273. The molecule has 1 aliphatic heterocycles. The van der Waals surface area contributed by atoms with Crippen LogP contribution >= 0.6 is 0 Å². The summed E-state index contributed by atoms with van der Waals surface area (Å²) in [7, 11) is 0. The van der Waals surface area contributed by atoms with Gasteiger partial charge in [-0.15, -0.1) is 0 Å². The molecule has 1 unspecified atom stereocenters. The highest BCUT2D eigenvalue weighted by atomic mass is 15.2. The highest BCUT2D eigenvalue weighted by Gasteiger charge is 2.52. The SMILES string of the molecule is CC(C)(C)C1NCC12CCC(c1cnn3ccc(-c4ccc(N)cn4)cc13)CC2. The lowest BCUT2D eigenvalue weighted by Gasteiger charge is -2.59. The average molecular weight is 390 g/mol. The van der Waals surface area contributed by atoms with Crippen molar-refractivity contribution in [3.8, 4) is 11.3 Å². The molecular weight excluding hydrogens is 358 g/mol. The van der Waals surface area contributed by atoms with E-state index in [9.17, 15) is 0 Å². The van der Waals surface area contributed by atoms with Crippen LogP contribution in [-0.2, 0) is 0 Å². The lowest BCUT2D eigenvalue weighted by atomic mass is 9.56. The molecule has 3 aromatic heterocycles. The Morgan fingerprint density at radius 2 is 1.93 bits per heavy atom. The number of rotatable bonds is 2. The molecule has 0 amide bonds. The zero-order chi connectivity index (χ0) is 20.2. The lowest BCUT2D eigenvalue weighted by Crippen LogP contribution is -2.68. The molecule has 4 heterocycles. The number of fused-ring (bicyclic) bond motifs is 1. The number of pyridine rings is 2. The molecule has 0 bridgehead atoms. The van der Waals surface area contributed by atoms with Crippen LogP contribution in [0.5, 0.6) is 0 Å². The van der Waals surface area contributed by atoms with E-state index in [4.69, 9.17) is 5.73 Å². The molecule has 5 nitrogen and oxygen atoms in total. The molecule has 1 spiro atoms.